The predicted molar refractivity (Wildman–Crippen MR) is 79.9 cm³/mol. The molecule has 0 aliphatic carbocycles. The largest absolute Gasteiger partial charge is 0.0936 e. The van der Waals surface area contributed by atoms with E-state index in [0.717, 1.165) is 12.5 Å². The van der Waals surface area contributed by atoms with E-state index in [-0.39, 0.29) is 12.6 Å². The number of hydrogen-bond acceptors (Lipinski definition) is 2. The maximum absolute atomic E-state index is 8.52. The van der Waals surface area contributed by atoms with Gasteiger partial charge < -0.3 is 0 Å². The van der Waals surface area contributed by atoms with Gasteiger partial charge in [-0.25, -0.2) is 0 Å². The van der Waals surface area contributed by atoms with Crippen LogP contribution in [0.3, 0.4) is 0 Å². The Hall–Kier alpha value is -1.94. The molecule has 100 valence electrons. The second-order valence-corrected chi connectivity index (χ2v) is 9.91. The molecule has 1 unspecified atom stereocenters. The van der Waals surface area contributed by atoms with Gasteiger partial charge in [0.1, 0.15) is 0 Å². The topological polar surface area (TPSA) is 97.5 Å². The fourth-order valence-corrected chi connectivity index (χ4v) is 4.39. The minimum absolute atomic E-state index is 0.236. The van der Waals surface area contributed by atoms with Crippen LogP contribution in [0.25, 0.3) is 20.9 Å². The number of hydrogen-bond donors (Lipinski definition) is 0. The van der Waals surface area contributed by atoms with E-state index in [9.17, 15) is 0 Å². The van der Waals surface area contributed by atoms with Crippen LogP contribution >= 0.6 is 0 Å². The fourth-order valence-electron chi connectivity index (χ4n) is 1.95. The van der Waals surface area contributed by atoms with Crippen LogP contribution in [0.15, 0.2) is 40.6 Å². The zero-order chi connectivity index (χ0) is 14.1. The zero-order valence-corrected chi connectivity index (χ0v) is 12.3. The Morgan fingerprint density at radius 3 is 2.42 bits per heavy atom. The molecular formula is C12H18N6Si. The van der Waals surface area contributed by atoms with Gasteiger partial charge >= 0.3 is 0 Å². The van der Waals surface area contributed by atoms with Crippen LogP contribution in [0.1, 0.15) is 6.42 Å². The van der Waals surface area contributed by atoms with E-state index in [0.29, 0.717) is 0 Å². The first-order valence-corrected chi connectivity index (χ1v) is 9.41. The van der Waals surface area contributed by atoms with Gasteiger partial charge in [-0.3, -0.25) is 0 Å². The minimum Gasteiger partial charge on any atom is -0.0936 e. The molecule has 0 saturated heterocycles. The molecule has 0 fully saturated rings. The third kappa shape index (κ3) is 5.05. The maximum atomic E-state index is 8.52. The summed E-state index contributed by atoms with van der Waals surface area (Å²) in [7, 11) is -1.53. The Morgan fingerprint density at radius 1 is 1.16 bits per heavy atom. The highest BCUT2D eigenvalue weighted by molar-refractivity contribution is 6.89. The summed E-state index contributed by atoms with van der Waals surface area (Å²) < 4.78 is 0. The van der Waals surface area contributed by atoms with Crippen molar-refractivity contribution in [1.82, 2.24) is 0 Å². The van der Waals surface area contributed by atoms with E-state index in [1.54, 1.807) is 0 Å². The van der Waals surface area contributed by atoms with Gasteiger partial charge in [0, 0.05) is 22.4 Å². The smallest absolute Gasteiger partial charge is 0.0806 e. The number of nitrogens with zero attached hydrogens (tertiary/aromatic N) is 6. The fraction of sp³-hybridized carbons (Fsp3) is 0.500. The third-order valence-electron chi connectivity index (χ3n) is 3.23. The predicted octanol–water partition coefficient (Wildman–Crippen LogP) is 3.98. The molecule has 1 aromatic rings. The van der Waals surface area contributed by atoms with Gasteiger partial charge in [-0.05, 0) is 17.5 Å². The molecule has 0 heterocycles. The lowest BCUT2D eigenvalue weighted by Gasteiger charge is -2.24. The Labute approximate surface area is 113 Å². The van der Waals surface area contributed by atoms with Crippen LogP contribution in [0.2, 0.25) is 19.1 Å². The molecule has 6 nitrogen and oxygen atoms in total. The van der Waals surface area contributed by atoms with Gasteiger partial charge in [-0.1, -0.05) is 64.9 Å². The Balaban J connectivity index is 2.67. The molecule has 1 aromatic carbocycles. The van der Waals surface area contributed by atoms with E-state index in [4.69, 9.17) is 11.1 Å². The first kappa shape index (κ1) is 15.1. The highest BCUT2D eigenvalue weighted by Gasteiger charge is 2.23. The number of benzene rings is 1. The van der Waals surface area contributed by atoms with Crippen molar-refractivity contribution in [1.29, 1.82) is 0 Å². The van der Waals surface area contributed by atoms with Gasteiger partial charge in [0.05, 0.1) is 8.07 Å². The van der Waals surface area contributed by atoms with Crippen molar-refractivity contribution >= 4 is 13.3 Å². The zero-order valence-electron chi connectivity index (χ0n) is 11.3. The summed E-state index contributed by atoms with van der Waals surface area (Å²) in [5.41, 5.74) is 16.8. The molecule has 1 atom stereocenters. The van der Waals surface area contributed by atoms with Crippen LogP contribution in [0, 0.1) is 0 Å². The third-order valence-corrected chi connectivity index (χ3v) is 6.66. The molecule has 0 aromatic heterocycles. The summed E-state index contributed by atoms with van der Waals surface area (Å²) in [6.07, 6.45) is 0.761. The lowest BCUT2D eigenvalue weighted by molar-refractivity contribution is 0.649. The van der Waals surface area contributed by atoms with Gasteiger partial charge in [0.25, 0.3) is 0 Å². The summed E-state index contributed by atoms with van der Waals surface area (Å²) in [4.78, 5) is 5.53. The molecular weight excluding hydrogens is 256 g/mol. The molecule has 19 heavy (non-hydrogen) atoms. The average Bonchev–Trinajstić information content (AvgIpc) is 2.43. The maximum Gasteiger partial charge on any atom is 0.0806 e. The van der Waals surface area contributed by atoms with Gasteiger partial charge in [0.2, 0.25) is 0 Å². The van der Waals surface area contributed by atoms with Crippen LogP contribution in [0.4, 0.5) is 0 Å². The summed E-state index contributed by atoms with van der Waals surface area (Å²) in [6, 6.07) is 11.2. The van der Waals surface area contributed by atoms with Crippen LogP contribution in [0.5, 0.6) is 0 Å². The second-order valence-electron chi connectivity index (χ2n) is 5.06. The normalized spacial score (nSPS) is 12.1. The number of azide groups is 2. The van der Waals surface area contributed by atoms with E-state index in [1.165, 1.54) is 5.19 Å². The van der Waals surface area contributed by atoms with Crippen LogP contribution in [-0.4, -0.2) is 20.7 Å². The van der Waals surface area contributed by atoms with Crippen molar-refractivity contribution in [3.8, 4) is 0 Å². The first-order chi connectivity index (χ1) is 9.10. The summed E-state index contributed by atoms with van der Waals surface area (Å²) >= 11 is 0. The molecule has 1 rings (SSSR count). The van der Waals surface area contributed by atoms with Gasteiger partial charge in [0.15, 0.2) is 0 Å². The van der Waals surface area contributed by atoms with Crippen molar-refractivity contribution in [3.05, 3.63) is 51.2 Å². The molecule has 0 saturated carbocycles. The van der Waals surface area contributed by atoms with Gasteiger partial charge in [-0.2, -0.15) is 0 Å². The number of rotatable bonds is 7. The summed E-state index contributed by atoms with van der Waals surface area (Å²) in [6.45, 7) is 4.83. The Bertz CT molecular complexity index is 488. The quantitative estimate of drug-likeness (QED) is 0.311. The van der Waals surface area contributed by atoms with Crippen molar-refractivity contribution in [2.24, 2.45) is 10.2 Å². The molecule has 0 N–H and O–H groups in total. The SMILES string of the molecule is C[Si](C)(CCC(CN=[N+]=[N-])N=[N+]=[N-])c1ccccc1. The average molecular weight is 274 g/mol. The minimum atomic E-state index is -1.53. The van der Waals surface area contributed by atoms with Crippen molar-refractivity contribution in [2.75, 3.05) is 6.54 Å². The van der Waals surface area contributed by atoms with Crippen molar-refractivity contribution in [2.45, 2.75) is 31.6 Å². The molecule has 0 aliphatic heterocycles. The highest BCUT2D eigenvalue weighted by atomic mass is 28.3. The first-order valence-electron chi connectivity index (χ1n) is 6.21. The van der Waals surface area contributed by atoms with Crippen molar-refractivity contribution < 1.29 is 0 Å². The van der Waals surface area contributed by atoms with Crippen LogP contribution < -0.4 is 5.19 Å². The molecule has 0 radical (unpaired) electrons. The van der Waals surface area contributed by atoms with Gasteiger partial charge in [-0.15, -0.1) is 0 Å². The summed E-state index contributed by atoms with van der Waals surface area (Å²) in [5.74, 6) is 0. The Morgan fingerprint density at radius 2 is 1.84 bits per heavy atom. The highest BCUT2D eigenvalue weighted by Crippen LogP contribution is 2.16. The lowest BCUT2D eigenvalue weighted by Crippen LogP contribution is -2.41. The van der Waals surface area contributed by atoms with E-state index < -0.39 is 8.07 Å². The second kappa shape index (κ2) is 7.48. The standard InChI is InChI=1S/C12H18N6Si/c1-19(2,12-6-4-3-5-7-12)9-8-11(16-18-14)10-15-17-13/h3-7,11H,8-10H2,1-2H3. The molecule has 0 aliphatic rings. The molecule has 0 amide bonds. The van der Waals surface area contributed by atoms with E-state index in [2.05, 4.69) is 57.4 Å². The molecule has 0 bridgehead atoms. The lowest BCUT2D eigenvalue weighted by atomic mass is 10.2. The van der Waals surface area contributed by atoms with E-state index >= 15 is 0 Å². The monoisotopic (exact) mass is 274 g/mol. The Kier molecular flexibility index (Phi) is 5.95. The molecule has 0 spiro atoms. The van der Waals surface area contributed by atoms with E-state index in [1.807, 2.05) is 6.07 Å². The summed E-state index contributed by atoms with van der Waals surface area (Å²) in [5, 5.41) is 8.58. The van der Waals surface area contributed by atoms with Crippen LogP contribution in [-0.2, 0) is 0 Å². The van der Waals surface area contributed by atoms with Crippen molar-refractivity contribution in [3.63, 3.8) is 0 Å². The molecule has 7 heteroatoms.